The second kappa shape index (κ2) is 4.45. The Balaban J connectivity index is 2.07. The van der Waals surface area contributed by atoms with Gasteiger partial charge in [0.15, 0.2) is 6.29 Å². The summed E-state index contributed by atoms with van der Waals surface area (Å²) < 4.78 is 5.14. The third-order valence-corrected chi connectivity index (χ3v) is 1.88. The van der Waals surface area contributed by atoms with Crippen LogP contribution in [0, 0.1) is 6.61 Å². The molecule has 1 fully saturated rings. The maximum Gasteiger partial charge on any atom is 0.151 e. The summed E-state index contributed by atoms with van der Waals surface area (Å²) in [7, 11) is 0. The number of carbonyl (C=O) groups is 1. The molecule has 0 aromatic rings. The van der Waals surface area contributed by atoms with Crippen LogP contribution >= 0.6 is 0 Å². The number of hydrogen-bond donors (Lipinski definition) is 0. The summed E-state index contributed by atoms with van der Waals surface area (Å²) in [5.74, 6) is 0. The Kier molecular flexibility index (Phi) is 3.44. The largest absolute Gasteiger partial charge is 0.364 e. The van der Waals surface area contributed by atoms with Gasteiger partial charge in [-0.2, -0.15) is 0 Å². The van der Waals surface area contributed by atoms with Gasteiger partial charge < -0.3 is 9.53 Å². The average molecular weight is 141 g/mol. The van der Waals surface area contributed by atoms with E-state index >= 15 is 0 Å². The van der Waals surface area contributed by atoms with Gasteiger partial charge in [-0.3, -0.25) is 0 Å². The monoisotopic (exact) mass is 141 g/mol. The normalized spacial score (nSPS) is 20.8. The summed E-state index contributed by atoms with van der Waals surface area (Å²) in [6.45, 7) is 1.26. The number of aldehydes is 1. The Labute approximate surface area is 61.6 Å². The van der Waals surface area contributed by atoms with Gasteiger partial charge in [0, 0.05) is 0 Å². The van der Waals surface area contributed by atoms with Crippen LogP contribution < -0.4 is 0 Å². The lowest BCUT2D eigenvalue weighted by atomic mass is 9.98. The lowest BCUT2D eigenvalue weighted by Crippen LogP contribution is -2.15. The predicted molar refractivity (Wildman–Crippen MR) is 38.3 cm³/mol. The van der Waals surface area contributed by atoms with Gasteiger partial charge in [-0.05, 0) is 12.8 Å². The van der Waals surface area contributed by atoms with E-state index in [0.29, 0.717) is 12.4 Å². The Morgan fingerprint density at radius 1 is 1.20 bits per heavy atom. The molecule has 0 aliphatic heterocycles. The molecule has 0 aromatic carbocycles. The fraction of sp³-hybridized carbons (Fsp3) is 0.750. The topological polar surface area (TPSA) is 26.3 Å². The zero-order valence-corrected chi connectivity index (χ0v) is 6.08. The van der Waals surface area contributed by atoms with Crippen LogP contribution in [0.5, 0.6) is 0 Å². The van der Waals surface area contributed by atoms with Gasteiger partial charge >= 0.3 is 0 Å². The van der Waals surface area contributed by atoms with E-state index in [-0.39, 0.29) is 0 Å². The Bertz CT molecular complexity index is 95.4. The zero-order chi connectivity index (χ0) is 7.23. The lowest BCUT2D eigenvalue weighted by Gasteiger charge is -2.20. The minimum absolute atomic E-state index is 0.318. The molecule has 1 rings (SSSR count). The highest BCUT2D eigenvalue weighted by Gasteiger charge is 2.12. The van der Waals surface area contributed by atoms with Crippen molar-refractivity contribution in [2.24, 2.45) is 0 Å². The van der Waals surface area contributed by atoms with Crippen molar-refractivity contribution >= 4 is 6.29 Å². The molecule has 0 aromatic heterocycles. The van der Waals surface area contributed by atoms with E-state index in [0.717, 1.165) is 12.8 Å². The van der Waals surface area contributed by atoms with Crippen LogP contribution in [-0.4, -0.2) is 12.4 Å². The number of hydrogen-bond acceptors (Lipinski definition) is 2. The van der Waals surface area contributed by atoms with Gasteiger partial charge in [-0.15, -0.1) is 0 Å². The van der Waals surface area contributed by atoms with Gasteiger partial charge in [-0.1, -0.05) is 19.3 Å². The van der Waals surface area contributed by atoms with Gasteiger partial charge in [0.25, 0.3) is 0 Å². The van der Waals surface area contributed by atoms with Crippen LogP contribution in [0.25, 0.3) is 0 Å². The van der Waals surface area contributed by atoms with Gasteiger partial charge in [0.05, 0.1) is 6.10 Å². The van der Waals surface area contributed by atoms with Crippen molar-refractivity contribution in [3.8, 4) is 0 Å². The SMILES string of the molecule is O=C[CH]OC1CCCCC1. The van der Waals surface area contributed by atoms with E-state index in [1.54, 1.807) is 0 Å². The van der Waals surface area contributed by atoms with Crippen molar-refractivity contribution in [2.45, 2.75) is 38.2 Å². The summed E-state index contributed by atoms with van der Waals surface area (Å²) in [6, 6.07) is 0. The summed E-state index contributed by atoms with van der Waals surface area (Å²) in [5, 5.41) is 0. The molecule has 0 saturated heterocycles. The minimum atomic E-state index is 0.318. The molecule has 0 spiro atoms. The van der Waals surface area contributed by atoms with E-state index in [4.69, 9.17) is 4.74 Å². The van der Waals surface area contributed by atoms with Crippen LogP contribution in [0.2, 0.25) is 0 Å². The quantitative estimate of drug-likeness (QED) is 0.559. The number of ether oxygens (including phenoxy) is 1. The van der Waals surface area contributed by atoms with E-state index in [1.165, 1.54) is 25.9 Å². The highest BCUT2D eigenvalue weighted by atomic mass is 16.5. The molecule has 0 bridgehead atoms. The predicted octanol–water partition coefficient (Wildman–Crippen LogP) is 1.70. The summed E-state index contributed by atoms with van der Waals surface area (Å²) in [5.41, 5.74) is 0. The first-order valence-electron chi connectivity index (χ1n) is 3.86. The van der Waals surface area contributed by atoms with Gasteiger partial charge in [-0.25, -0.2) is 0 Å². The highest BCUT2D eigenvalue weighted by Crippen LogP contribution is 2.20. The van der Waals surface area contributed by atoms with Crippen molar-refractivity contribution in [2.75, 3.05) is 0 Å². The Morgan fingerprint density at radius 3 is 2.50 bits per heavy atom. The lowest BCUT2D eigenvalue weighted by molar-refractivity contribution is -0.109. The Morgan fingerprint density at radius 2 is 1.90 bits per heavy atom. The smallest absolute Gasteiger partial charge is 0.151 e. The third kappa shape index (κ3) is 2.48. The van der Waals surface area contributed by atoms with Crippen LogP contribution in [0.3, 0.4) is 0 Å². The van der Waals surface area contributed by atoms with Crippen molar-refractivity contribution in [3.63, 3.8) is 0 Å². The van der Waals surface area contributed by atoms with Crippen molar-refractivity contribution < 1.29 is 9.53 Å². The molecule has 2 nitrogen and oxygen atoms in total. The highest BCUT2D eigenvalue weighted by molar-refractivity contribution is 5.58. The van der Waals surface area contributed by atoms with Crippen LogP contribution in [0.1, 0.15) is 32.1 Å². The van der Waals surface area contributed by atoms with E-state index in [2.05, 4.69) is 0 Å². The average Bonchev–Trinajstić information content (AvgIpc) is 2.03. The van der Waals surface area contributed by atoms with Gasteiger partial charge in [0.1, 0.15) is 6.61 Å². The molecule has 57 valence electrons. The van der Waals surface area contributed by atoms with Crippen LogP contribution in [-0.2, 0) is 9.53 Å². The fourth-order valence-electron chi connectivity index (χ4n) is 1.34. The van der Waals surface area contributed by atoms with Crippen LogP contribution in [0.15, 0.2) is 0 Å². The second-order valence-electron chi connectivity index (χ2n) is 2.67. The molecule has 0 unspecified atom stereocenters. The molecule has 0 heterocycles. The molecular weight excluding hydrogens is 128 g/mol. The molecule has 1 aliphatic carbocycles. The molecule has 2 heteroatoms. The first kappa shape index (κ1) is 7.73. The molecule has 0 amide bonds. The third-order valence-electron chi connectivity index (χ3n) is 1.88. The number of rotatable bonds is 3. The summed E-state index contributed by atoms with van der Waals surface area (Å²) in [4.78, 5) is 9.87. The molecule has 10 heavy (non-hydrogen) atoms. The molecular formula is C8H13O2. The minimum Gasteiger partial charge on any atom is -0.364 e. The van der Waals surface area contributed by atoms with E-state index < -0.39 is 0 Å². The van der Waals surface area contributed by atoms with Crippen LogP contribution in [0.4, 0.5) is 0 Å². The summed E-state index contributed by atoms with van der Waals surface area (Å²) >= 11 is 0. The van der Waals surface area contributed by atoms with E-state index in [9.17, 15) is 4.79 Å². The van der Waals surface area contributed by atoms with Crippen molar-refractivity contribution in [1.82, 2.24) is 0 Å². The molecule has 1 radical (unpaired) electrons. The first-order chi connectivity index (χ1) is 4.93. The molecule has 0 atom stereocenters. The Hall–Kier alpha value is -0.370. The standard InChI is InChI=1S/C8H13O2/c9-6-7-10-8-4-2-1-3-5-8/h6-8H,1-5H2. The number of carbonyl (C=O) groups excluding carboxylic acids is 1. The van der Waals surface area contributed by atoms with Crippen molar-refractivity contribution in [3.05, 3.63) is 6.61 Å². The van der Waals surface area contributed by atoms with Crippen molar-refractivity contribution in [1.29, 1.82) is 0 Å². The van der Waals surface area contributed by atoms with Gasteiger partial charge in [0.2, 0.25) is 0 Å². The van der Waals surface area contributed by atoms with E-state index in [1.807, 2.05) is 0 Å². The summed E-state index contributed by atoms with van der Waals surface area (Å²) in [6.07, 6.45) is 7.07. The molecule has 1 aliphatic rings. The second-order valence-corrected chi connectivity index (χ2v) is 2.67. The zero-order valence-electron chi connectivity index (χ0n) is 6.08. The first-order valence-corrected chi connectivity index (χ1v) is 3.86. The molecule has 1 saturated carbocycles. The fourth-order valence-corrected chi connectivity index (χ4v) is 1.34. The maximum absolute atomic E-state index is 9.87. The molecule has 0 N–H and O–H groups in total. The maximum atomic E-state index is 9.87.